The molecule has 2 rings (SSSR count). The molecule has 0 aliphatic carbocycles. The monoisotopic (exact) mass is 274 g/mol. The molecule has 1 aromatic carbocycles. The molecule has 0 spiro atoms. The maximum atomic E-state index is 12.0. The van der Waals surface area contributed by atoms with Crippen molar-refractivity contribution in [1.29, 1.82) is 0 Å². The van der Waals surface area contributed by atoms with Gasteiger partial charge in [0.05, 0.1) is 24.0 Å². The summed E-state index contributed by atoms with van der Waals surface area (Å²) in [4.78, 5) is 23.3. The Balaban J connectivity index is 2.17. The van der Waals surface area contributed by atoms with Crippen LogP contribution in [0, 0.1) is 0 Å². The number of benzene rings is 1. The van der Waals surface area contributed by atoms with Crippen LogP contribution in [0.1, 0.15) is 20.8 Å². The van der Waals surface area contributed by atoms with E-state index >= 15 is 0 Å². The SMILES string of the molecule is NCCn1cc(C(=O)Nc2ccccc2C(N)=O)nn1. The highest BCUT2D eigenvalue weighted by Crippen LogP contribution is 2.15. The molecule has 5 N–H and O–H groups in total. The first-order valence-corrected chi connectivity index (χ1v) is 5.92. The normalized spacial score (nSPS) is 10.2. The number of rotatable bonds is 5. The first-order chi connectivity index (χ1) is 9.61. The molecule has 0 bridgehead atoms. The Kier molecular flexibility index (Phi) is 4.06. The standard InChI is InChI=1S/C12H14N6O2/c13-5-6-18-7-10(16-17-18)12(20)15-9-4-2-1-3-8(9)11(14)19/h1-4,7H,5-6,13H2,(H2,14,19)(H,15,20). The zero-order valence-corrected chi connectivity index (χ0v) is 10.6. The lowest BCUT2D eigenvalue weighted by Crippen LogP contribution is -2.18. The highest BCUT2D eigenvalue weighted by Gasteiger charge is 2.14. The third-order valence-corrected chi connectivity index (χ3v) is 2.57. The van der Waals surface area contributed by atoms with Crippen LogP contribution in [0.25, 0.3) is 0 Å². The number of anilines is 1. The molecule has 1 heterocycles. The molecule has 0 saturated heterocycles. The summed E-state index contributed by atoms with van der Waals surface area (Å²) in [7, 11) is 0. The average Bonchev–Trinajstić information content (AvgIpc) is 2.88. The van der Waals surface area contributed by atoms with E-state index in [2.05, 4.69) is 15.6 Å². The van der Waals surface area contributed by atoms with Gasteiger partial charge in [-0.05, 0) is 12.1 Å². The maximum absolute atomic E-state index is 12.0. The van der Waals surface area contributed by atoms with Gasteiger partial charge in [0.1, 0.15) is 0 Å². The van der Waals surface area contributed by atoms with E-state index < -0.39 is 11.8 Å². The van der Waals surface area contributed by atoms with Crippen molar-refractivity contribution in [2.24, 2.45) is 11.5 Å². The van der Waals surface area contributed by atoms with Crippen molar-refractivity contribution < 1.29 is 9.59 Å². The van der Waals surface area contributed by atoms with E-state index in [-0.39, 0.29) is 11.3 Å². The quantitative estimate of drug-likeness (QED) is 0.682. The largest absolute Gasteiger partial charge is 0.366 e. The summed E-state index contributed by atoms with van der Waals surface area (Å²) in [5, 5.41) is 10.1. The van der Waals surface area contributed by atoms with Gasteiger partial charge in [-0.2, -0.15) is 0 Å². The predicted octanol–water partition coefficient (Wildman–Crippen LogP) is -0.412. The zero-order valence-electron chi connectivity index (χ0n) is 10.6. The second kappa shape index (κ2) is 5.93. The number of para-hydroxylation sites is 1. The van der Waals surface area contributed by atoms with E-state index in [0.29, 0.717) is 18.8 Å². The summed E-state index contributed by atoms with van der Waals surface area (Å²) < 4.78 is 1.47. The minimum Gasteiger partial charge on any atom is -0.366 e. The molecular formula is C12H14N6O2. The second-order valence-corrected chi connectivity index (χ2v) is 4.02. The van der Waals surface area contributed by atoms with E-state index in [1.165, 1.54) is 16.9 Å². The maximum Gasteiger partial charge on any atom is 0.277 e. The first-order valence-electron chi connectivity index (χ1n) is 5.92. The Bertz CT molecular complexity index is 636. The number of hydrogen-bond donors (Lipinski definition) is 3. The first kappa shape index (κ1) is 13.7. The molecule has 0 atom stereocenters. The molecule has 2 aromatic rings. The smallest absolute Gasteiger partial charge is 0.277 e. The summed E-state index contributed by atoms with van der Waals surface area (Å²) in [6.07, 6.45) is 1.48. The van der Waals surface area contributed by atoms with Crippen LogP contribution in [0.5, 0.6) is 0 Å². The molecule has 0 unspecified atom stereocenters. The molecule has 2 amide bonds. The minimum atomic E-state index is -0.618. The van der Waals surface area contributed by atoms with E-state index in [1.807, 2.05) is 0 Å². The van der Waals surface area contributed by atoms with Gasteiger partial charge in [0.2, 0.25) is 0 Å². The van der Waals surface area contributed by atoms with Gasteiger partial charge in [0, 0.05) is 6.54 Å². The second-order valence-electron chi connectivity index (χ2n) is 4.02. The number of carbonyl (C=O) groups is 2. The molecule has 0 aliphatic heterocycles. The highest BCUT2D eigenvalue weighted by atomic mass is 16.2. The van der Waals surface area contributed by atoms with Gasteiger partial charge in [-0.3, -0.25) is 14.3 Å². The lowest BCUT2D eigenvalue weighted by atomic mass is 10.1. The number of hydrogen-bond acceptors (Lipinski definition) is 5. The van der Waals surface area contributed by atoms with Crippen molar-refractivity contribution in [3.8, 4) is 0 Å². The summed E-state index contributed by atoms with van der Waals surface area (Å²) in [6.45, 7) is 0.868. The molecule has 0 radical (unpaired) electrons. The third-order valence-electron chi connectivity index (χ3n) is 2.57. The van der Waals surface area contributed by atoms with Gasteiger partial charge in [-0.1, -0.05) is 17.3 Å². The lowest BCUT2D eigenvalue weighted by Gasteiger charge is -2.06. The van der Waals surface area contributed by atoms with Crippen LogP contribution in [-0.2, 0) is 6.54 Å². The fourth-order valence-corrected chi connectivity index (χ4v) is 1.64. The van der Waals surface area contributed by atoms with Crippen molar-refractivity contribution in [3.63, 3.8) is 0 Å². The van der Waals surface area contributed by atoms with Gasteiger partial charge in [0.15, 0.2) is 5.69 Å². The summed E-state index contributed by atoms with van der Waals surface area (Å²) in [5.74, 6) is -1.09. The van der Waals surface area contributed by atoms with E-state index in [9.17, 15) is 9.59 Å². The third kappa shape index (κ3) is 2.98. The van der Waals surface area contributed by atoms with Crippen LogP contribution in [0.15, 0.2) is 30.5 Å². The van der Waals surface area contributed by atoms with Crippen LogP contribution < -0.4 is 16.8 Å². The van der Waals surface area contributed by atoms with Crippen LogP contribution >= 0.6 is 0 Å². The number of carbonyl (C=O) groups excluding carboxylic acids is 2. The number of amides is 2. The zero-order chi connectivity index (χ0) is 14.5. The molecule has 20 heavy (non-hydrogen) atoms. The van der Waals surface area contributed by atoms with Crippen molar-refractivity contribution in [2.45, 2.75) is 6.54 Å². The average molecular weight is 274 g/mol. The molecule has 0 saturated carbocycles. The summed E-state index contributed by atoms with van der Waals surface area (Å²) in [6, 6.07) is 6.46. The van der Waals surface area contributed by atoms with Gasteiger partial charge >= 0.3 is 0 Å². The van der Waals surface area contributed by atoms with Crippen LogP contribution in [0.3, 0.4) is 0 Å². The molecule has 0 fully saturated rings. The van der Waals surface area contributed by atoms with Crippen molar-refractivity contribution >= 4 is 17.5 Å². The Hall–Kier alpha value is -2.74. The Labute approximate surface area is 114 Å². The Morgan fingerprint density at radius 3 is 2.75 bits per heavy atom. The molecule has 104 valence electrons. The topological polar surface area (TPSA) is 129 Å². The van der Waals surface area contributed by atoms with Crippen molar-refractivity contribution in [2.75, 3.05) is 11.9 Å². The van der Waals surface area contributed by atoms with Crippen LogP contribution in [-0.4, -0.2) is 33.4 Å². The number of aromatic nitrogens is 3. The fourth-order valence-electron chi connectivity index (χ4n) is 1.64. The van der Waals surface area contributed by atoms with E-state index in [1.54, 1.807) is 18.2 Å². The summed E-state index contributed by atoms with van der Waals surface area (Å²) >= 11 is 0. The molecule has 8 heteroatoms. The highest BCUT2D eigenvalue weighted by molar-refractivity contribution is 6.07. The molecule has 0 aliphatic rings. The van der Waals surface area contributed by atoms with E-state index in [0.717, 1.165) is 0 Å². The Morgan fingerprint density at radius 2 is 2.05 bits per heavy atom. The number of nitrogens with one attached hydrogen (secondary N) is 1. The molecule has 1 aromatic heterocycles. The Morgan fingerprint density at radius 1 is 1.30 bits per heavy atom. The van der Waals surface area contributed by atoms with Crippen molar-refractivity contribution in [1.82, 2.24) is 15.0 Å². The van der Waals surface area contributed by atoms with Gasteiger partial charge in [-0.25, -0.2) is 0 Å². The van der Waals surface area contributed by atoms with Crippen LogP contribution in [0.2, 0.25) is 0 Å². The molecular weight excluding hydrogens is 260 g/mol. The number of nitrogens with zero attached hydrogens (tertiary/aromatic N) is 3. The van der Waals surface area contributed by atoms with Gasteiger partial charge < -0.3 is 16.8 Å². The number of nitrogens with two attached hydrogens (primary N) is 2. The lowest BCUT2D eigenvalue weighted by molar-refractivity contribution is 0.100. The van der Waals surface area contributed by atoms with Crippen LogP contribution in [0.4, 0.5) is 5.69 Å². The fraction of sp³-hybridized carbons (Fsp3) is 0.167. The minimum absolute atomic E-state index is 0.137. The van der Waals surface area contributed by atoms with Gasteiger partial charge in [0.25, 0.3) is 11.8 Å². The van der Waals surface area contributed by atoms with Gasteiger partial charge in [-0.15, -0.1) is 5.10 Å². The molecule has 8 nitrogen and oxygen atoms in total. The predicted molar refractivity (Wildman–Crippen MR) is 72.0 cm³/mol. The van der Waals surface area contributed by atoms with E-state index in [4.69, 9.17) is 11.5 Å². The van der Waals surface area contributed by atoms with Crippen molar-refractivity contribution in [3.05, 3.63) is 41.7 Å². The number of primary amides is 1. The summed E-state index contributed by atoms with van der Waals surface area (Å²) in [5.41, 5.74) is 11.3.